The van der Waals surface area contributed by atoms with Crippen LogP contribution in [0.15, 0.2) is 33.9 Å². The maximum Gasteiger partial charge on any atom is 0.239 e. The number of hydrogen-bond donors (Lipinski definition) is 1. The molecule has 2 heterocycles. The number of nitrogens with zero attached hydrogens (tertiary/aromatic N) is 4. The van der Waals surface area contributed by atoms with E-state index in [1.165, 1.54) is 11.8 Å². The lowest BCUT2D eigenvalue weighted by atomic mass is 10.2. The average Bonchev–Trinajstić information content (AvgIpc) is 3.16. The molecule has 0 saturated heterocycles. The van der Waals surface area contributed by atoms with Gasteiger partial charge >= 0.3 is 0 Å². The fraction of sp³-hybridized carbons (Fsp3) is 0.286. The van der Waals surface area contributed by atoms with E-state index in [1.807, 2.05) is 31.2 Å². The highest BCUT2D eigenvalue weighted by Crippen LogP contribution is 2.32. The number of aromatic nitrogens is 5. The van der Waals surface area contributed by atoms with Gasteiger partial charge in [-0.2, -0.15) is 4.98 Å². The molecule has 114 valence electrons. The SMILES string of the molecule is COc1ccc(-c2nc(SC(C)c3nc(C)no3)n[nH]2)cc1. The molecule has 0 fully saturated rings. The smallest absolute Gasteiger partial charge is 0.239 e. The molecule has 0 aliphatic carbocycles. The van der Waals surface area contributed by atoms with Gasteiger partial charge in [-0.05, 0) is 38.1 Å². The molecule has 3 aromatic rings. The zero-order valence-electron chi connectivity index (χ0n) is 12.4. The summed E-state index contributed by atoms with van der Waals surface area (Å²) in [6.45, 7) is 3.76. The van der Waals surface area contributed by atoms with Crippen molar-refractivity contribution in [1.29, 1.82) is 0 Å². The van der Waals surface area contributed by atoms with Crippen LogP contribution in [0.25, 0.3) is 11.4 Å². The molecule has 0 bridgehead atoms. The predicted octanol–water partition coefficient (Wildman–Crippen LogP) is 3.03. The zero-order valence-corrected chi connectivity index (χ0v) is 13.2. The molecule has 0 aliphatic rings. The normalized spacial score (nSPS) is 12.3. The van der Waals surface area contributed by atoms with E-state index in [-0.39, 0.29) is 5.25 Å². The Morgan fingerprint density at radius 1 is 1.23 bits per heavy atom. The van der Waals surface area contributed by atoms with Crippen LogP contribution in [-0.4, -0.2) is 32.4 Å². The molecule has 0 amide bonds. The molecule has 0 saturated carbocycles. The van der Waals surface area contributed by atoms with Gasteiger partial charge in [-0.3, -0.25) is 5.10 Å². The third-order valence-corrected chi connectivity index (χ3v) is 3.95. The van der Waals surface area contributed by atoms with Crippen molar-refractivity contribution >= 4 is 11.8 Å². The van der Waals surface area contributed by atoms with E-state index < -0.39 is 0 Å². The van der Waals surface area contributed by atoms with E-state index in [0.717, 1.165) is 11.3 Å². The van der Waals surface area contributed by atoms with Crippen LogP contribution in [-0.2, 0) is 0 Å². The molecule has 0 radical (unpaired) electrons. The van der Waals surface area contributed by atoms with Gasteiger partial charge in [0.1, 0.15) is 5.75 Å². The molecular weight excluding hydrogens is 302 g/mol. The van der Waals surface area contributed by atoms with Gasteiger partial charge < -0.3 is 9.26 Å². The van der Waals surface area contributed by atoms with E-state index in [9.17, 15) is 0 Å². The molecule has 1 aromatic carbocycles. The number of methoxy groups -OCH3 is 1. The second-order valence-electron chi connectivity index (χ2n) is 4.64. The summed E-state index contributed by atoms with van der Waals surface area (Å²) in [5, 5.41) is 11.6. The third kappa shape index (κ3) is 3.11. The molecule has 22 heavy (non-hydrogen) atoms. The van der Waals surface area contributed by atoms with Crippen molar-refractivity contribution in [2.45, 2.75) is 24.3 Å². The molecule has 8 heteroatoms. The van der Waals surface area contributed by atoms with Crippen LogP contribution in [0, 0.1) is 6.92 Å². The summed E-state index contributed by atoms with van der Waals surface area (Å²) >= 11 is 1.46. The summed E-state index contributed by atoms with van der Waals surface area (Å²) in [7, 11) is 1.64. The fourth-order valence-electron chi connectivity index (χ4n) is 1.86. The van der Waals surface area contributed by atoms with E-state index in [4.69, 9.17) is 9.26 Å². The van der Waals surface area contributed by atoms with Gasteiger partial charge in [0.05, 0.1) is 12.4 Å². The summed E-state index contributed by atoms with van der Waals surface area (Å²) in [6.07, 6.45) is 0. The van der Waals surface area contributed by atoms with Gasteiger partial charge in [0.2, 0.25) is 11.0 Å². The first-order valence-corrected chi connectivity index (χ1v) is 7.57. The second-order valence-corrected chi connectivity index (χ2v) is 5.94. The summed E-state index contributed by atoms with van der Waals surface area (Å²) in [5.41, 5.74) is 0.946. The van der Waals surface area contributed by atoms with Crippen molar-refractivity contribution in [2.75, 3.05) is 7.11 Å². The highest BCUT2D eigenvalue weighted by atomic mass is 32.2. The number of H-pyrrole nitrogens is 1. The molecule has 7 nitrogen and oxygen atoms in total. The quantitative estimate of drug-likeness (QED) is 0.723. The van der Waals surface area contributed by atoms with E-state index in [1.54, 1.807) is 14.0 Å². The van der Waals surface area contributed by atoms with Crippen molar-refractivity contribution in [3.8, 4) is 17.1 Å². The Balaban J connectivity index is 1.72. The highest BCUT2D eigenvalue weighted by molar-refractivity contribution is 7.99. The van der Waals surface area contributed by atoms with Crippen molar-refractivity contribution in [3.05, 3.63) is 36.0 Å². The largest absolute Gasteiger partial charge is 0.497 e. The Morgan fingerprint density at radius 3 is 2.64 bits per heavy atom. The Labute approximate surface area is 131 Å². The predicted molar refractivity (Wildman–Crippen MR) is 81.7 cm³/mol. The topological polar surface area (TPSA) is 89.7 Å². The first-order valence-electron chi connectivity index (χ1n) is 6.69. The number of aromatic amines is 1. The Morgan fingerprint density at radius 2 is 2.00 bits per heavy atom. The van der Waals surface area contributed by atoms with E-state index in [2.05, 4.69) is 25.3 Å². The van der Waals surface area contributed by atoms with Crippen molar-refractivity contribution < 1.29 is 9.26 Å². The molecule has 1 N–H and O–H groups in total. The Kier molecular flexibility index (Phi) is 4.10. The van der Waals surface area contributed by atoms with Crippen LogP contribution in [0.3, 0.4) is 0 Å². The minimum absolute atomic E-state index is 0.0132. The van der Waals surface area contributed by atoms with Crippen LogP contribution < -0.4 is 4.74 Å². The fourth-order valence-corrected chi connectivity index (χ4v) is 2.62. The van der Waals surface area contributed by atoms with Gasteiger partial charge in [0.25, 0.3) is 0 Å². The summed E-state index contributed by atoms with van der Waals surface area (Å²) in [5.74, 6) is 2.70. The number of aryl methyl sites for hydroxylation is 1. The van der Waals surface area contributed by atoms with Gasteiger partial charge in [-0.25, -0.2) is 4.98 Å². The number of hydrogen-bond acceptors (Lipinski definition) is 7. The van der Waals surface area contributed by atoms with Crippen LogP contribution >= 0.6 is 11.8 Å². The maximum atomic E-state index is 5.15. The molecule has 1 atom stereocenters. The average molecular weight is 317 g/mol. The maximum absolute atomic E-state index is 5.15. The molecule has 0 aliphatic heterocycles. The first-order chi connectivity index (χ1) is 10.7. The van der Waals surface area contributed by atoms with Crippen LogP contribution in [0.5, 0.6) is 5.75 Å². The lowest BCUT2D eigenvalue weighted by Crippen LogP contribution is -1.90. The zero-order chi connectivity index (χ0) is 15.5. The van der Waals surface area contributed by atoms with Crippen molar-refractivity contribution in [2.24, 2.45) is 0 Å². The number of benzene rings is 1. The van der Waals surface area contributed by atoms with Gasteiger partial charge in [0, 0.05) is 5.56 Å². The summed E-state index contributed by atoms with van der Waals surface area (Å²) < 4.78 is 10.3. The van der Waals surface area contributed by atoms with Gasteiger partial charge in [0.15, 0.2) is 11.6 Å². The van der Waals surface area contributed by atoms with Crippen molar-refractivity contribution in [1.82, 2.24) is 25.3 Å². The van der Waals surface area contributed by atoms with Gasteiger partial charge in [-0.1, -0.05) is 16.9 Å². The molecule has 1 unspecified atom stereocenters. The van der Waals surface area contributed by atoms with E-state index >= 15 is 0 Å². The minimum atomic E-state index is -0.0132. The van der Waals surface area contributed by atoms with E-state index in [0.29, 0.717) is 22.7 Å². The Hall–Kier alpha value is -2.35. The Bertz CT molecular complexity index is 753. The van der Waals surface area contributed by atoms with Gasteiger partial charge in [-0.15, -0.1) is 5.10 Å². The number of rotatable bonds is 5. The van der Waals surface area contributed by atoms with Crippen LogP contribution in [0.1, 0.15) is 23.9 Å². The molecular formula is C14H15N5O2S. The lowest BCUT2D eigenvalue weighted by Gasteiger charge is -2.01. The lowest BCUT2D eigenvalue weighted by molar-refractivity contribution is 0.376. The second kappa shape index (κ2) is 6.18. The minimum Gasteiger partial charge on any atom is -0.497 e. The molecule has 3 rings (SSSR count). The highest BCUT2D eigenvalue weighted by Gasteiger charge is 2.17. The van der Waals surface area contributed by atoms with Crippen LogP contribution in [0.2, 0.25) is 0 Å². The van der Waals surface area contributed by atoms with Crippen molar-refractivity contribution in [3.63, 3.8) is 0 Å². The third-order valence-electron chi connectivity index (χ3n) is 3.00. The standard InChI is InChI=1S/C14H15N5O2S/c1-8(13-15-9(2)19-21-13)22-14-16-12(17-18-14)10-4-6-11(20-3)7-5-10/h4-8H,1-3H3,(H,16,17,18). The number of nitrogens with one attached hydrogen (secondary N) is 1. The summed E-state index contributed by atoms with van der Waals surface area (Å²) in [6, 6.07) is 7.63. The monoisotopic (exact) mass is 317 g/mol. The first kappa shape index (κ1) is 14.6. The van der Waals surface area contributed by atoms with Crippen LogP contribution in [0.4, 0.5) is 0 Å². The number of thioether (sulfide) groups is 1. The number of ether oxygens (including phenoxy) is 1. The molecule has 2 aromatic heterocycles. The molecule has 0 spiro atoms. The summed E-state index contributed by atoms with van der Waals surface area (Å²) in [4.78, 5) is 8.69.